The van der Waals surface area contributed by atoms with E-state index in [1.54, 1.807) is 17.4 Å². The topological polar surface area (TPSA) is 12.0 Å². The molecule has 0 radical (unpaired) electrons. The maximum Gasteiger partial charge on any atom is 0.125 e. The lowest BCUT2D eigenvalue weighted by molar-refractivity contribution is 0.593. The van der Waals surface area contributed by atoms with Gasteiger partial charge in [0.2, 0.25) is 0 Å². The van der Waals surface area contributed by atoms with Gasteiger partial charge in [0, 0.05) is 27.4 Å². The number of nitrogens with one attached hydrogen (secondary N) is 1. The third-order valence-electron chi connectivity index (χ3n) is 2.49. The van der Waals surface area contributed by atoms with Gasteiger partial charge in [0.15, 0.2) is 0 Å². The summed E-state index contributed by atoms with van der Waals surface area (Å²) < 4.78 is 13.3. The van der Waals surface area contributed by atoms with E-state index in [1.165, 1.54) is 17.0 Å². The highest BCUT2D eigenvalue weighted by atomic mass is 35.5. The molecule has 1 aromatic carbocycles. The molecule has 0 saturated heterocycles. The van der Waals surface area contributed by atoms with E-state index in [9.17, 15) is 4.39 Å². The van der Waals surface area contributed by atoms with Crippen molar-refractivity contribution in [1.29, 1.82) is 0 Å². The van der Waals surface area contributed by atoms with Crippen molar-refractivity contribution in [3.8, 4) is 10.4 Å². The SMILES string of the molecule is CC(C)NCc1ccc(-c2cc(F)cc(Cl)c2)s1. The summed E-state index contributed by atoms with van der Waals surface area (Å²) in [7, 11) is 0. The molecule has 0 amide bonds. The van der Waals surface area contributed by atoms with Crippen LogP contribution < -0.4 is 5.32 Å². The first kappa shape index (κ1) is 13.5. The molecule has 0 aliphatic rings. The molecule has 0 fully saturated rings. The summed E-state index contributed by atoms with van der Waals surface area (Å²) in [5.74, 6) is -0.298. The van der Waals surface area contributed by atoms with Crippen LogP contribution in [0.5, 0.6) is 0 Å². The van der Waals surface area contributed by atoms with Crippen LogP contribution in [0.15, 0.2) is 30.3 Å². The Balaban J connectivity index is 2.18. The summed E-state index contributed by atoms with van der Waals surface area (Å²) in [6, 6.07) is 9.15. The minimum Gasteiger partial charge on any atom is -0.310 e. The maximum atomic E-state index is 13.3. The largest absolute Gasteiger partial charge is 0.310 e. The van der Waals surface area contributed by atoms with Crippen LogP contribution in [0.4, 0.5) is 4.39 Å². The van der Waals surface area contributed by atoms with Crippen molar-refractivity contribution in [2.24, 2.45) is 0 Å². The van der Waals surface area contributed by atoms with Crippen molar-refractivity contribution in [2.75, 3.05) is 0 Å². The van der Waals surface area contributed by atoms with Gasteiger partial charge in [-0.3, -0.25) is 0 Å². The Hall–Kier alpha value is -0.900. The summed E-state index contributed by atoms with van der Waals surface area (Å²) in [6.45, 7) is 5.06. The molecular formula is C14H15ClFNS. The molecular weight excluding hydrogens is 269 g/mol. The van der Waals surface area contributed by atoms with Crippen molar-refractivity contribution in [3.63, 3.8) is 0 Å². The van der Waals surface area contributed by atoms with Gasteiger partial charge in [-0.1, -0.05) is 25.4 Å². The van der Waals surface area contributed by atoms with Gasteiger partial charge in [-0.05, 0) is 35.9 Å². The molecule has 1 aromatic heterocycles. The summed E-state index contributed by atoms with van der Waals surface area (Å²) in [4.78, 5) is 2.27. The normalized spacial score (nSPS) is 11.2. The Morgan fingerprint density at radius 1 is 1.28 bits per heavy atom. The standard InChI is InChI=1S/C14H15ClFNS/c1-9(2)17-8-13-3-4-14(18-13)10-5-11(15)7-12(16)6-10/h3-7,9,17H,8H2,1-2H3. The lowest BCUT2D eigenvalue weighted by Gasteiger charge is -2.05. The first-order chi connectivity index (χ1) is 8.54. The van der Waals surface area contributed by atoms with E-state index in [2.05, 4.69) is 25.2 Å². The number of halogens is 2. The fraction of sp³-hybridized carbons (Fsp3) is 0.286. The van der Waals surface area contributed by atoms with Gasteiger partial charge in [0.25, 0.3) is 0 Å². The van der Waals surface area contributed by atoms with Gasteiger partial charge in [-0.25, -0.2) is 4.39 Å². The molecule has 0 aliphatic carbocycles. The fourth-order valence-electron chi connectivity index (χ4n) is 1.63. The monoisotopic (exact) mass is 283 g/mol. The number of thiophene rings is 1. The van der Waals surface area contributed by atoms with Crippen molar-refractivity contribution < 1.29 is 4.39 Å². The minimum absolute atomic E-state index is 0.298. The molecule has 1 N–H and O–H groups in total. The minimum atomic E-state index is -0.298. The molecule has 0 aliphatic heterocycles. The van der Waals surface area contributed by atoms with Crippen LogP contribution >= 0.6 is 22.9 Å². The molecule has 4 heteroatoms. The Morgan fingerprint density at radius 3 is 2.72 bits per heavy atom. The average molecular weight is 284 g/mol. The Morgan fingerprint density at radius 2 is 2.06 bits per heavy atom. The molecule has 0 spiro atoms. The van der Waals surface area contributed by atoms with Gasteiger partial charge in [-0.15, -0.1) is 11.3 Å². The molecule has 0 bridgehead atoms. The summed E-state index contributed by atoms with van der Waals surface area (Å²) in [5, 5.41) is 3.79. The Kier molecular flexibility index (Phi) is 4.38. The first-order valence-electron chi connectivity index (χ1n) is 5.83. The zero-order valence-electron chi connectivity index (χ0n) is 10.3. The Labute approximate surface area is 116 Å². The van der Waals surface area contributed by atoms with E-state index in [1.807, 2.05) is 6.07 Å². The molecule has 18 heavy (non-hydrogen) atoms. The van der Waals surface area contributed by atoms with Crippen LogP contribution in [-0.4, -0.2) is 6.04 Å². The van der Waals surface area contributed by atoms with Gasteiger partial charge < -0.3 is 5.32 Å². The quantitative estimate of drug-likeness (QED) is 0.857. The molecule has 2 rings (SSSR count). The summed E-state index contributed by atoms with van der Waals surface area (Å²) >= 11 is 7.52. The lowest BCUT2D eigenvalue weighted by Crippen LogP contribution is -2.21. The van der Waals surface area contributed by atoms with Crippen molar-refractivity contribution in [2.45, 2.75) is 26.4 Å². The highest BCUT2D eigenvalue weighted by Crippen LogP contribution is 2.30. The molecule has 0 atom stereocenters. The number of hydrogen-bond acceptors (Lipinski definition) is 2. The van der Waals surface area contributed by atoms with Gasteiger partial charge in [0.1, 0.15) is 5.82 Å². The van der Waals surface area contributed by atoms with E-state index in [4.69, 9.17) is 11.6 Å². The van der Waals surface area contributed by atoms with Crippen molar-refractivity contribution in [3.05, 3.63) is 46.0 Å². The third-order valence-corrected chi connectivity index (χ3v) is 3.85. The first-order valence-corrected chi connectivity index (χ1v) is 7.02. The van der Waals surface area contributed by atoms with E-state index >= 15 is 0 Å². The van der Waals surface area contributed by atoms with E-state index in [-0.39, 0.29) is 5.82 Å². The summed E-state index contributed by atoms with van der Waals surface area (Å²) in [5.41, 5.74) is 0.834. The smallest absolute Gasteiger partial charge is 0.125 e. The van der Waals surface area contributed by atoms with E-state index in [0.29, 0.717) is 11.1 Å². The second-order valence-electron chi connectivity index (χ2n) is 4.46. The average Bonchev–Trinajstić information content (AvgIpc) is 2.73. The van der Waals surface area contributed by atoms with Gasteiger partial charge in [-0.2, -0.15) is 0 Å². The maximum absolute atomic E-state index is 13.3. The fourth-order valence-corrected chi connectivity index (χ4v) is 2.80. The predicted molar refractivity (Wildman–Crippen MR) is 76.7 cm³/mol. The predicted octanol–water partition coefficient (Wildman–Crippen LogP) is 4.71. The molecule has 0 unspecified atom stereocenters. The number of benzene rings is 1. The number of hydrogen-bond donors (Lipinski definition) is 1. The van der Waals surface area contributed by atoms with E-state index in [0.717, 1.165) is 17.0 Å². The Bertz CT molecular complexity index is 516. The molecule has 2 aromatic rings. The summed E-state index contributed by atoms with van der Waals surface area (Å²) in [6.07, 6.45) is 0. The van der Waals surface area contributed by atoms with Crippen LogP contribution in [0.2, 0.25) is 5.02 Å². The van der Waals surface area contributed by atoms with Crippen molar-refractivity contribution in [1.82, 2.24) is 5.32 Å². The van der Waals surface area contributed by atoms with Gasteiger partial charge >= 0.3 is 0 Å². The van der Waals surface area contributed by atoms with Crippen LogP contribution in [-0.2, 0) is 6.54 Å². The van der Waals surface area contributed by atoms with Gasteiger partial charge in [0.05, 0.1) is 0 Å². The number of rotatable bonds is 4. The van der Waals surface area contributed by atoms with Crippen LogP contribution in [0.3, 0.4) is 0 Å². The highest BCUT2D eigenvalue weighted by molar-refractivity contribution is 7.15. The third kappa shape index (κ3) is 3.55. The van der Waals surface area contributed by atoms with E-state index < -0.39 is 0 Å². The zero-order chi connectivity index (χ0) is 13.1. The second kappa shape index (κ2) is 5.83. The molecule has 96 valence electrons. The zero-order valence-corrected chi connectivity index (χ0v) is 11.9. The molecule has 0 saturated carbocycles. The van der Waals surface area contributed by atoms with Crippen LogP contribution in [0.1, 0.15) is 18.7 Å². The molecule has 1 heterocycles. The second-order valence-corrected chi connectivity index (χ2v) is 6.06. The van der Waals surface area contributed by atoms with Crippen molar-refractivity contribution >= 4 is 22.9 Å². The van der Waals surface area contributed by atoms with Crippen LogP contribution in [0, 0.1) is 5.82 Å². The lowest BCUT2D eigenvalue weighted by atomic mass is 10.2. The highest BCUT2D eigenvalue weighted by Gasteiger charge is 2.06. The molecule has 1 nitrogen and oxygen atoms in total. The van der Waals surface area contributed by atoms with Crippen LogP contribution in [0.25, 0.3) is 10.4 Å².